The van der Waals surface area contributed by atoms with Crippen LogP contribution in [0, 0.1) is 30.6 Å². The van der Waals surface area contributed by atoms with Crippen LogP contribution >= 0.6 is 0 Å². The van der Waals surface area contributed by atoms with E-state index in [1.165, 1.54) is 17.8 Å². The zero-order valence-electron chi connectivity index (χ0n) is 9.64. The Kier molecular flexibility index (Phi) is 2.54. The van der Waals surface area contributed by atoms with E-state index in [0.717, 1.165) is 11.1 Å². The van der Waals surface area contributed by atoms with Gasteiger partial charge in [0.25, 0.3) is 0 Å². The summed E-state index contributed by atoms with van der Waals surface area (Å²) in [7, 11) is 0. The Balaban J connectivity index is 2.01. The fourth-order valence-electron chi connectivity index (χ4n) is 2.32. The Morgan fingerprint density at radius 3 is 2.71 bits per heavy atom. The number of hydrogen-bond acceptors (Lipinski definition) is 1. The van der Waals surface area contributed by atoms with Gasteiger partial charge in [-0.2, -0.15) is 0 Å². The van der Waals surface area contributed by atoms with E-state index >= 15 is 0 Å². The van der Waals surface area contributed by atoms with Gasteiger partial charge < -0.3 is 5.11 Å². The average molecular weight is 221 g/mol. The van der Waals surface area contributed by atoms with Crippen LogP contribution in [0.3, 0.4) is 0 Å². The van der Waals surface area contributed by atoms with E-state index in [0.29, 0.717) is 5.75 Å². The predicted molar refractivity (Wildman–Crippen MR) is 69.2 cm³/mol. The fourth-order valence-corrected chi connectivity index (χ4v) is 2.32. The van der Waals surface area contributed by atoms with Crippen LogP contribution in [0.1, 0.15) is 12.5 Å². The van der Waals surface area contributed by atoms with Crippen molar-refractivity contribution in [1.82, 2.24) is 0 Å². The summed E-state index contributed by atoms with van der Waals surface area (Å²) >= 11 is 0. The molecular formula is C16H13O. The Morgan fingerprint density at radius 1 is 1.06 bits per heavy atom. The van der Waals surface area contributed by atoms with E-state index in [9.17, 15) is 5.11 Å². The molecule has 1 aromatic rings. The van der Waals surface area contributed by atoms with Crippen molar-refractivity contribution in [3.8, 4) is 5.75 Å². The first-order valence-corrected chi connectivity index (χ1v) is 5.70. The van der Waals surface area contributed by atoms with Crippen molar-refractivity contribution in [3.05, 3.63) is 78.7 Å². The van der Waals surface area contributed by atoms with E-state index in [2.05, 4.69) is 31.9 Å². The Labute approximate surface area is 102 Å². The molecule has 0 unspecified atom stereocenters. The van der Waals surface area contributed by atoms with Crippen molar-refractivity contribution >= 4 is 5.57 Å². The maximum Gasteiger partial charge on any atom is 0.123 e. The predicted octanol–water partition coefficient (Wildman–Crippen LogP) is 3.51. The van der Waals surface area contributed by atoms with Crippen LogP contribution in [-0.4, -0.2) is 5.11 Å². The number of aromatic hydroxyl groups is 1. The number of phenols is 1. The zero-order valence-corrected chi connectivity index (χ0v) is 9.64. The van der Waals surface area contributed by atoms with E-state index in [1.54, 1.807) is 6.07 Å². The SMILES string of the molecule is C[C]1[CH][C]2C=CC=C(c3ccccc3O)[C]2[CH]1. The largest absolute Gasteiger partial charge is 0.507 e. The van der Waals surface area contributed by atoms with Crippen molar-refractivity contribution in [2.24, 2.45) is 0 Å². The lowest BCUT2D eigenvalue weighted by atomic mass is 9.81. The monoisotopic (exact) mass is 221 g/mol. The summed E-state index contributed by atoms with van der Waals surface area (Å²) in [5.74, 6) is 4.01. The number of hydrogen-bond donors (Lipinski definition) is 1. The summed E-state index contributed by atoms with van der Waals surface area (Å²) in [6, 6.07) is 7.47. The molecule has 1 fully saturated rings. The first-order chi connectivity index (χ1) is 8.25. The van der Waals surface area contributed by atoms with Gasteiger partial charge in [0.1, 0.15) is 5.75 Å². The van der Waals surface area contributed by atoms with E-state index < -0.39 is 0 Å². The molecular weight excluding hydrogens is 208 g/mol. The van der Waals surface area contributed by atoms with Gasteiger partial charge in [-0.05, 0) is 30.4 Å². The number of para-hydroxylation sites is 1. The lowest BCUT2D eigenvalue weighted by Crippen LogP contribution is -2.07. The summed E-state index contributed by atoms with van der Waals surface area (Å²) in [6.45, 7) is 2.09. The average Bonchev–Trinajstić information content (AvgIpc) is 2.70. The third kappa shape index (κ3) is 1.80. The molecule has 5 radical (unpaired) electrons. The van der Waals surface area contributed by atoms with Crippen LogP contribution in [-0.2, 0) is 0 Å². The molecule has 1 aromatic carbocycles. The van der Waals surface area contributed by atoms with Crippen LogP contribution in [0.4, 0.5) is 0 Å². The minimum Gasteiger partial charge on any atom is -0.507 e. The molecule has 1 heteroatoms. The molecule has 0 spiro atoms. The number of phenolic OH excluding ortho intramolecular Hbond substituents is 1. The van der Waals surface area contributed by atoms with Crippen LogP contribution in [0.5, 0.6) is 5.75 Å². The molecule has 1 N–H and O–H groups in total. The first-order valence-electron chi connectivity index (χ1n) is 5.70. The fraction of sp³-hybridized carbons (Fsp3) is 0.0625. The highest BCUT2D eigenvalue weighted by molar-refractivity contribution is 5.90. The highest BCUT2D eigenvalue weighted by atomic mass is 16.3. The van der Waals surface area contributed by atoms with Crippen LogP contribution in [0.2, 0.25) is 0 Å². The molecule has 0 atom stereocenters. The number of fused-ring (bicyclic) bond motifs is 1. The molecule has 0 aromatic heterocycles. The summed E-state index contributed by atoms with van der Waals surface area (Å²) in [4.78, 5) is 0. The molecule has 2 aliphatic rings. The molecule has 0 saturated heterocycles. The molecule has 1 saturated carbocycles. The lowest BCUT2D eigenvalue weighted by Gasteiger charge is -2.22. The molecule has 0 aliphatic heterocycles. The molecule has 17 heavy (non-hydrogen) atoms. The molecule has 3 rings (SSSR count). The molecule has 0 heterocycles. The zero-order chi connectivity index (χ0) is 11.8. The smallest absolute Gasteiger partial charge is 0.123 e. The number of allylic oxidation sites excluding steroid dienone is 4. The molecule has 83 valence electrons. The Hall–Kier alpha value is -1.50. The van der Waals surface area contributed by atoms with Crippen LogP contribution in [0.15, 0.2) is 42.5 Å². The van der Waals surface area contributed by atoms with Crippen molar-refractivity contribution in [1.29, 1.82) is 0 Å². The number of rotatable bonds is 1. The van der Waals surface area contributed by atoms with E-state index in [1.807, 2.05) is 24.3 Å². The normalized spacial score (nSPS) is 21.6. The molecule has 2 aliphatic carbocycles. The summed E-state index contributed by atoms with van der Waals surface area (Å²) < 4.78 is 0. The highest BCUT2D eigenvalue weighted by Crippen LogP contribution is 2.50. The van der Waals surface area contributed by atoms with Gasteiger partial charge >= 0.3 is 0 Å². The van der Waals surface area contributed by atoms with Gasteiger partial charge in [0.05, 0.1) is 0 Å². The van der Waals surface area contributed by atoms with Gasteiger partial charge in [-0.1, -0.05) is 43.4 Å². The van der Waals surface area contributed by atoms with Gasteiger partial charge in [0.15, 0.2) is 0 Å². The third-order valence-electron chi connectivity index (χ3n) is 3.09. The second kappa shape index (κ2) is 4.06. The van der Waals surface area contributed by atoms with Crippen molar-refractivity contribution in [2.45, 2.75) is 6.92 Å². The van der Waals surface area contributed by atoms with Crippen molar-refractivity contribution in [3.63, 3.8) is 0 Å². The standard InChI is InChI=1S/C16H13O/c1-11-9-12-5-4-7-13(15(12)10-11)14-6-2-3-8-16(14)17/h2-10,17H,1H3. The summed E-state index contributed by atoms with van der Waals surface area (Å²) in [6.07, 6.45) is 10.5. The first kappa shape index (κ1) is 10.6. The molecule has 1 nitrogen and oxygen atoms in total. The van der Waals surface area contributed by atoms with E-state index in [-0.39, 0.29) is 0 Å². The molecule has 0 amide bonds. The Morgan fingerprint density at radius 2 is 1.88 bits per heavy atom. The van der Waals surface area contributed by atoms with Gasteiger partial charge in [0, 0.05) is 17.4 Å². The lowest BCUT2D eigenvalue weighted by molar-refractivity contribution is 0.473. The third-order valence-corrected chi connectivity index (χ3v) is 3.09. The highest BCUT2D eigenvalue weighted by Gasteiger charge is 2.36. The quantitative estimate of drug-likeness (QED) is 0.769. The van der Waals surface area contributed by atoms with Gasteiger partial charge in [-0.15, -0.1) is 0 Å². The maximum absolute atomic E-state index is 9.93. The topological polar surface area (TPSA) is 20.2 Å². The van der Waals surface area contributed by atoms with Crippen molar-refractivity contribution in [2.75, 3.05) is 0 Å². The van der Waals surface area contributed by atoms with Crippen LogP contribution < -0.4 is 0 Å². The number of benzene rings is 1. The van der Waals surface area contributed by atoms with Crippen molar-refractivity contribution < 1.29 is 5.11 Å². The van der Waals surface area contributed by atoms with Gasteiger partial charge in [-0.3, -0.25) is 0 Å². The summed E-state index contributed by atoms with van der Waals surface area (Å²) in [5.41, 5.74) is 1.98. The second-order valence-corrected chi connectivity index (χ2v) is 4.36. The minimum absolute atomic E-state index is 0.332. The maximum atomic E-state index is 9.93. The summed E-state index contributed by atoms with van der Waals surface area (Å²) in [5, 5.41) is 9.93. The second-order valence-electron chi connectivity index (χ2n) is 4.36. The molecule has 0 bridgehead atoms. The Bertz CT molecular complexity index is 484. The van der Waals surface area contributed by atoms with E-state index in [4.69, 9.17) is 0 Å². The van der Waals surface area contributed by atoms with Gasteiger partial charge in [-0.25, -0.2) is 0 Å². The van der Waals surface area contributed by atoms with Gasteiger partial charge in [0.2, 0.25) is 0 Å². The minimum atomic E-state index is 0.332. The van der Waals surface area contributed by atoms with Crippen LogP contribution in [0.25, 0.3) is 5.57 Å².